The number of carbonyl (C=O) groups excluding carboxylic acids is 3. The van der Waals surface area contributed by atoms with Crippen molar-refractivity contribution >= 4 is 17.5 Å². The topological polar surface area (TPSA) is 63.7 Å². The summed E-state index contributed by atoms with van der Waals surface area (Å²) in [5, 5.41) is 0. The number of rotatable bonds is 5. The Hall–Kier alpha value is -2.95. The minimum atomic E-state index is -0.501. The van der Waals surface area contributed by atoms with Crippen molar-refractivity contribution in [1.82, 2.24) is 4.90 Å². The Morgan fingerprint density at radius 1 is 1.03 bits per heavy atom. The number of carbonyl (C=O) groups is 3. The number of fused-ring (bicyclic) bond motifs is 1. The highest BCUT2D eigenvalue weighted by atomic mass is 16.5. The van der Waals surface area contributed by atoms with Gasteiger partial charge in [0.1, 0.15) is 11.4 Å². The zero-order chi connectivity index (χ0) is 21.1. The number of nitrogens with zero attached hydrogens (tertiary/aromatic N) is 1. The fourth-order valence-electron chi connectivity index (χ4n) is 4.38. The van der Waals surface area contributed by atoms with Gasteiger partial charge in [-0.2, -0.15) is 0 Å². The first-order valence-electron chi connectivity index (χ1n) is 10.6. The van der Waals surface area contributed by atoms with Gasteiger partial charge in [0.05, 0.1) is 12.0 Å². The Bertz CT molecular complexity index is 958. The van der Waals surface area contributed by atoms with Crippen molar-refractivity contribution in [3.63, 3.8) is 0 Å². The van der Waals surface area contributed by atoms with Crippen molar-refractivity contribution in [2.24, 2.45) is 0 Å². The highest BCUT2D eigenvalue weighted by Crippen LogP contribution is 2.39. The molecule has 2 aliphatic heterocycles. The predicted octanol–water partition coefficient (Wildman–Crippen LogP) is 4.37. The molecule has 1 saturated heterocycles. The van der Waals surface area contributed by atoms with E-state index in [-0.39, 0.29) is 17.5 Å². The summed E-state index contributed by atoms with van der Waals surface area (Å²) < 4.78 is 6.27. The monoisotopic (exact) mass is 405 g/mol. The van der Waals surface area contributed by atoms with Gasteiger partial charge in [-0.1, -0.05) is 42.0 Å². The molecule has 0 bridgehead atoms. The van der Waals surface area contributed by atoms with Crippen LogP contribution in [-0.4, -0.2) is 41.1 Å². The molecule has 2 aliphatic rings. The Balaban J connectivity index is 1.28. The van der Waals surface area contributed by atoms with E-state index in [0.717, 1.165) is 5.56 Å². The zero-order valence-electron chi connectivity index (χ0n) is 17.4. The number of aryl methyl sites for hydroxylation is 1. The number of ether oxygens (including phenoxy) is 1. The van der Waals surface area contributed by atoms with Gasteiger partial charge in [0, 0.05) is 44.3 Å². The maximum absolute atomic E-state index is 12.7. The normalized spacial score (nSPS) is 17.4. The first-order chi connectivity index (χ1) is 14.5. The van der Waals surface area contributed by atoms with Crippen LogP contribution in [0.1, 0.15) is 64.8 Å². The number of hydrogen-bond acceptors (Lipinski definition) is 4. The molecule has 2 aromatic carbocycles. The van der Waals surface area contributed by atoms with Crippen LogP contribution in [0.15, 0.2) is 48.5 Å². The summed E-state index contributed by atoms with van der Waals surface area (Å²) >= 11 is 0. The van der Waals surface area contributed by atoms with Crippen LogP contribution in [0.25, 0.3) is 0 Å². The largest absolute Gasteiger partial charge is 0.486 e. The van der Waals surface area contributed by atoms with E-state index in [4.69, 9.17) is 4.74 Å². The Morgan fingerprint density at radius 2 is 1.77 bits per heavy atom. The predicted molar refractivity (Wildman–Crippen MR) is 114 cm³/mol. The fraction of sp³-hybridized carbons (Fsp3) is 0.400. The van der Waals surface area contributed by atoms with Gasteiger partial charge in [0.25, 0.3) is 0 Å². The molecule has 0 unspecified atom stereocenters. The fourth-order valence-corrected chi connectivity index (χ4v) is 4.38. The maximum atomic E-state index is 12.7. The smallest absolute Gasteiger partial charge is 0.222 e. The molecule has 0 saturated carbocycles. The molecule has 0 aromatic heterocycles. The molecule has 0 atom stereocenters. The molecular weight excluding hydrogens is 378 g/mol. The third-order valence-corrected chi connectivity index (χ3v) is 6.16. The molecule has 156 valence electrons. The minimum absolute atomic E-state index is 0.0730. The van der Waals surface area contributed by atoms with Gasteiger partial charge in [-0.15, -0.1) is 0 Å². The minimum Gasteiger partial charge on any atom is -0.486 e. The first kappa shape index (κ1) is 20.3. The molecule has 4 rings (SSSR count). The second-order valence-electron chi connectivity index (χ2n) is 8.41. The number of Topliss-reactive ketones (excluding diaryl/α,β-unsaturated/α-hetero) is 2. The number of hydrogen-bond donors (Lipinski definition) is 0. The van der Waals surface area contributed by atoms with Gasteiger partial charge in [-0.25, -0.2) is 0 Å². The summed E-state index contributed by atoms with van der Waals surface area (Å²) in [7, 11) is 0. The molecule has 2 aromatic rings. The van der Waals surface area contributed by atoms with Crippen LogP contribution >= 0.6 is 0 Å². The number of ketones is 2. The Kier molecular flexibility index (Phi) is 5.71. The van der Waals surface area contributed by atoms with Gasteiger partial charge in [0.15, 0.2) is 11.6 Å². The number of benzene rings is 2. The zero-order valence-corrected chi connectivity index (χ0v) is 17.4. The van der Waals surface area contributed by atoms with E-state index in [1.54, 1.807) is 12.1 Å². The molecular formula is C25H27NO4. The van der Waals surface area contributed by atoms with E-state index in [1.807, 2.05) is 48.2 Å². The van der Waals surface area contributed by atoms with Gasteiger partial charge in [0.2, 0.25) is 5.91 Å². The van der Waals surface area contributed by atoms with E-state index in [9.17, 15) is 14.4 Å². The summed E-state index contributed by atoms with van der Waals surface area (Å²) in [4.78, 5) is 39.3. The third-order valence-electron chi connectivity index (χ3n) is 6.16. The van der Waals surface area contributed by atoms with Crippen LogP contribution < -0.4 is 4.74 Å². The van der Waals surface area contributed by atoms with Gasteiger partial charge in [-0.3, -0.25) is 14.4 Å². The average Bonchev–Trinajstić information content (AvgIpc) is 2.75. The number of piperidine rings is 1. The van der Waals surface area contributed by atoms with Crippen molar-refractivity contribution in [3.05, 3.63) is 65.2 Å². The first-order valence-corrected chi connectivity index (χ1v) is 10.6. The summed E-state index contributed by atoms with van der Waals surface area (Å²) in [6.07, 6.45) is 2.98. The van der Waals surface area contributed by atoms with Gasteiger partial charge >= 0.3 is 0 Å². The average molecular weight is 405 g/mol. The van der Waals surface area contributed by atoms with Crippen molar-refractivity contribution in [2.45, 2.75) is 51.0 Å². The quantitative estimate of drug-likeness (QED) is 0.693. The van der Waals surface area contributed by atoms with Crippen LogP contribution in [-0.2, 0) is 4.79 Å². The number of likely N-dealkylation sites (tertiary alicyclic amines) is 1. The number of amides is 1. The van der Waals surface area contributed by atoms with Crippen LogP contribution in [0.5, 0.6) is 5.75 Å². The van der Waals surface area contributed by atoms with Crippen LogP contribution in [0.2, 0.25) is 0 Å². The lowest BCUT2D eigenvalue weighted by Crippen LogP contribution is -2.52. The lowest BCUT2D eigenvalue weighted by Gasteiger charge is -2.44. The summed E-state index contributed by atoms with van der Waals surface area (Å²) in [6.45, 7) is 3.13. The van der Waals surface area contributed by atoms with Crippen LogP contribution in [0.4, 0.5) is 0 Å². The van der Waals surface area contributed by atoms with E-state index < -0.39 is 5.60 Å². The Morgan fingerprint density at radius 3 is 2.50 bits per heavy atom. The van der Waals surface area contributed by atoms with Crippen molar-refractivity contribution < 1.29 is 19.1 Å². The van der Waals surface area contributed by atoms with Crippen LogP contribution in [0, 0.1) is 6.92 Å². The van der Waals surface area contributed by atoms with Crippen molar-refractivity contribution in [2.75, 3.05) is 13.1 Å². The van der Waals surface area contributed by atoms with E-state index in [1.165, 1.54) is 0 Å². The van der Waals surface area contributed by atoms with E-state index in [2.05, 4.69) is 0 Å². The van der Waals surface area contributed by atoms with E-state index >= 15 is 0 Å². The molecule has 5 heteroatoms. The maximum Gasteiger partial charge on any atom is 0.222 e. The van der Waals surface area contributed by atoms with Gasteiger partial charge < -0.3 is 9.64 Å². The third kappa shape index (κ3) is 4.30. The summed E-state index contributed by atoms with van der Waals surface area (Å²) in [5.41, 5.74) is 1.91. The van der Waals surface area contributed by atoms with Crippen LogP contribution in [0.3, 0.4) is 0 Å². The molecule has 0 radical (unpaired) electrons. The van der Waals surface area contributed by atoms with Crippen molar-refractivity contribution in [3.8, 4) is 5.75 Å². The lowest BCUT2D eigenvalue weighted by atomic mass is 9.82. The second-order valence-corrected chi connectivity index (χ2v) is 8.41. The molecule has 1 spiro atoms. The molecule has 5 nitrogen and oxygen atoms in total. The second kappa shape index (κ2) is 8.42. The summed E-state index contributed by atoms with van der Waals surface area (Å²) in [5.74, 6) is 0.933. The standard InChI is InChI=1S/C25H27NO4/c1-18-10-11-23-20(16-18)22(28)17-25(30-23)12-14-26(15-13-25)24(29)9-5-8-21(27)19-6-3-2-4-7-19/h2-4,6-7,10-11,16H,5,8-9,12-15,17H2,1H3. The lowest BCUT2D eigenvalue weighted by molar-refractivity contribution is -0.134. The molecule has 1 fully saturated rings. The highest BCUT2D eigenvalue weighted by molar-refractivity contribution is 6.00. The molecule has 2 heterocycles. The summed E-state index contributed by atoms with van der Waals surface area (Å²) in [6, 6.07) is 14.9. The Labute approximate surface area is 177 Å². The van der Waals surface area contributed by atoms with E-state index in [0.29, 0.717) is 68.5 Å². The molecule has 0 N–H and O–H groups in total. The molecule has 0 aliphatic carbocycles. The molecule has 1 amide bonds. The highest BCUT2D eigenvalue weighted by Gasteiger charge is 2.43. The molecule has 30 heavy (non-hydrogen) atoms. The van der Waals surface area contributed by atoms with Crippen molar-refractivity contribution in [1.29, 1.82) is 0 Å². The van der Waals surface area contributed by atoms with Gasteiger partial charge in [-0.05, 0) is 25.5 Å². The SMILES string of the molecule is Cc1ccc2c(c1)C(=O)CC1(CCN(C(=O)CCCC(=O)c3ccccc3)CC1)O2.